The molecule has 0 saturated heterocycles. The summed E-state index contributed by atoms with van der Waals surface area (Å²) in [7, 11) is 0. The first-order chi connectivity index (χ1) is 10.1. The molecule has 3 rings (SSSR count). The second-order valence-electron chi connectivity index (χ2n) is 4.19. The van der Waals surface area contributed by atoms with E-state index in [1.54, 1.807) is 10.7 Å². The SMILES string of the molecule is Nc1cccc(-c2nnnn2-c2c(Br)cccc2Br)c1Cl. The number of benzene rings is 2. The largest absolute Gasteiger partial charge is 0.398 e. The Balaban J connectivity index is 2.25. The molecule has 0 unspecified atom stereocenters. The highest BCUT2D eigenvalue weighted by atomic mass is 79.9. The van der Waals surface area contributed by atoms with Gasteiger partial charge >= 0.3 is 0 Å². The van der Waals surface area contributed by atoms with Gasteiger partial charge in [-0.1, -0.05) is 23.7 Å². The molecule has 0 fully saturated rings. The number of nitrogens with zero attached hydrogens (tertiary/aromatic N) is 4. The lowest BCUT2D eigenvalue weighted by Gasteiger charge is -2.10. The van der Waals surface area contributed by atoms with Crippen LogP contribution >= 0.6 is 43.5 Å². The Bertz CT molecular complexity index is 798. The molecule has 0 amide bonds. The van der Waals surface area contributed by atoms with Crippen LogP contribution < -0.4 is 5.73 Å². The standard InChI is InChI=1S/C13H8Br2ClN5/c14-8-4-2-5-9(15)12(8)21-13(18-19-20-21)7-3-1-6-10(17)11(7)16/h1-6H,17H2. The van der Waals surface area contributed by atoms with Gasteiger partial charge < -0.3 is 5.73 Å². The monoisotopic (exact) mass is 427 g/mol. The minimum absolute atomic E-state index is 0.428. The number of aromatic nitrogens is 4. The van der Waals surface area contributed by atoms with Crippen molar-refractivity contribution < 1.29 is 0 Å². The molecule has 106 valence electrons. The molecule has 0 bridgehead atoms. The highest BCUT2D eigenvalue weighted by Gasteiger charge is 2.18. The summed E-state index contributed by atoms with van der Waals surface area (Å²) in [4.78, 5) is 0. The molecule has 0 aliphatic heterocycles. The normalized spacial score (nSPS) is 10.8. The topological polar surface area (TPSA) is 69.6 Å². The Morgan fingerprint density at radius 1 is 1.05 bits per heavy atom. The molecule has 0 aliphatic carbocycles. The fraction of sp³-hybridized carbons (Fsp3) is 0. The number of hydrogen-bond donors (Lipinski definition) is 1. The van der Waals surface area contributed by atoms with Crippen LogP contribution in [0.4, 0.5) is 5.69 Å². The average Bonchev–Trinajstić information content (AvgIpc) is 2.91. The van der Waals surface area contributed by atoms with Gasteiger partial charge in [-0.3, -0.25) is 0 Å². The van der Waals surface area contributed by atoms with E-state index in [4.69, 9.17) is 17.3 Å². The lowest BCUT2D eigenvalue weighted by molar-refractivity contribution is 0.786. The van der Waals surface area contributed by atoms with E-state index in [0.717, 1.165) is 14.6 Å². The molecule has 0 spiro atoms. The predicted octanol–water partition coefficient (Wildman–Crippen LogP) is 4.09. The molecule has 5 nitrogen and oxygen atoms in total. The maximum absolute atomic E-state index is 6.27. The molecule has 0 atom stereocenters. The zero-order valence-electron chi connectivity index (χ0n) is 10.5. The smallest absolute Gasteiger partial charge is 0.188 e. The third kappa shape index (κ3) is 2.56. The van der Waals surface area contributed by atoms with Crippen molar-refractivity contribution in [2.24, 2.45) is 0 Å². The van der Waals surface area contributed by atoms with Gasteiger partial charge in [0.1, 0.15) is 0 Å². The van der Waals surface area contributed by atoms with Crippen molar-refractivity contribution in [3.8, 4) is 17.1 Å². The molecule has 0 aliphatic rings. The number of rotatable bonds is 2. The Hall–Kier alpha value is -1.44. The Morgan fingerprint density at radius 3 is 2.43 bits per heavy atom. The van der Waals surface area contributed by atoms with Gasteiger partial charge in [-0.2, -0.15) is 4.68 Å². The summed E-state index contributed by atoms with van der Waals surface area (Å²) in [5.41, 5.74) is 7.79. The summed E-state index contributed by atoms with van der Waals surface area (Å²) in [5, 5.41) is 12.3. The van der Waals surface area contributed by atoms with E-state index in [2.05, 4.69) is 47.4 Å². The van der Waals surface area contributed by atoms with Crippen LogP contribution in [0.3, 0.4) is 0 Å². The van der Waals surface area contributed by atoms with Crippen LogP contribution in [0.15, 0.2) is 45.3 Å². The average molecular weight is 430 g/mol. The number of para-hydroxylation sites is 1. The lowest BCUT2D eigenvalue weighted by Crippen LogP contribution is -2.02. The molecule has 0 saturated carbocycles. The van der Waals surface area contributed by atoms with Gasteiger partial charge in [0.2, 0.25) is 0 Å². The van der Waals surface area contributed by atoms with E-state index >= 15 is 0 Å². The number of hydrogen-bond acceptors (Lipinski definition) is 4. The van der Waals surface area contributed by atoms with Crippen LogP contribution in [-0.2, 0) is 0 Å². The fourth-order valence-electron chi connectivity index (χ4n) is 1.92. The molecule has 8 heteroatoms. The predicted molar refractivity (Wildman–Crippen MR) is 89.4 cm³/mol. The van der Waals surface area contributed by atoms with Gasteiger partial charge in [0.25, 0.3) is 0 Å². The minimum Gasteiger partial charge on any atom is -0.398 e. The number of nitrogen functional groups attached to an aromatic ring is 1. The molecular weight excluding hydrogens is 421 g/mol. The number of halogens is 3. The van der Waals surface area contributed by atoms with Crippen molar-refractivity contribution in [2.75, 3.05) is 5.73 Å². The number of tetrazole rings is 1. The second kappa shape index (κ2) is 5.75. The quantitative estimate of drug-likeness (QED) is 0.623. The van der Waals surface area contributed by atoms with Crippen molar-refractivity contribution in [2.45, 2.75) is 0 Å². The van der Waals surface area contributed by atoms with Crippen LogP contribution in [0.2, 0.25) is 5.02 Å². The zero-order valence-corrected chi connectivity index (χ0v) is 14.4. The molecule has 1 heterocycles. The molecule has 21 heavy (non-hydrogen) atoms. The summed E-state index contributed by atoms with van der Waals surface area (Å²) in [6.45, 7) is 0. The number of anilines is 1. The van der Waals surface area contributed by atoms with E-state index in [-0.39, 0.29) is 0 Å². The van der Waals surface area contributed by atoms with E-state index < -0.39 is 0 Å². The first-order valence-electron chi connectivity index (χ1n) is 5.86. The van der Waals surface area contributed by atoms with Crippen LogP contribution in [0.5, 0.6) is 0 Å². The minimum atomic E-state index is 0.428. The first kappa shape index (κ1) is 14.5. The molecule has 3 aromatic rings. The Kier molecular flexibility index (Phi) is 3.97. The summed E-state index contributed by atoms with van der Waals surface area (Å²) < 4.78 is 3.31. The first-order valence-corrected chi connectivity index (χ1v) is 7.83. The van der Waals surface area contributed by atoms with Crippen molar-refractivity contribution in [3.05, 3.63) is 50.4 Å². The van der Waals surface area contributed by atoms with Gasteiger partial charge in [0.15, 0.2) is 5.82 Å². The third-order valence-corrected chi connectivity index (χ3v) is 4.59. The molecule has 2 N–H and O–H groups in total. The van der Waals surface area contributed by atoms with E-state index in [1.807, 2.05) is 30.3 Å². The van der Waals surface area contributed by atoms with Crippen molar-refractivity contribution in [1.29, 1.82) is 0 Å². The summed E-state index contributed by atoms with van der Waals surface area (Å²) >= 11 is 13.3. The van der Waals surface area contributed by atoms with E-state index in [0.29, 0.717) is 22.1 Å². The summed E-state index contributed by atoms with van der Waals surface area (Å²) in [6.07, 6.45) is 0. The molecule has 2 aromatic carbocycles. The van der Waals surface area contributed by atoms with Crippen LogP contribution in [0.1, 0.15) is 0 Å². The van der Waals surface area contributed by atoms with Crippen LogP contribution in [0.25, 0.3) is 17.1 Å². The zero-order chi connectivity index (χ0) is 15.0. The molecule has 1 aromatic heterocycles. The molecule has 0 radical (unpaired) electrons. The van der Waals surface area contributed by atoms with Gasteiger partial charge in [-0.25, -0.2) is 0 Å². The molecular formula is C13H8Br2ClN5. The van der Waals surface area contributed by atoms with Gasteiger partial charge in [-0.15, -0.1) is 5.10 Å². The van der Waals surface area contributed by atoms with Crippen LogP contribution in [-0.4, -0.2) is 20.2 Å². The lowest BCUT2D eigenvalue weighted by atomic mass is 10.2. The van der Waals surface area contributed by atoms with Crippen molar-refractivity contribution >= 4 is 49.1 Å². The maximum Gasteiger partial charge on any atom is 0.188 e. The van der Waals surface area contributed by atoms with Crippen molar-refractivity contribution in [1.82, 2.24) is 20.2 Å². The van der Waals surface area contributed by atoms with Gasteiger partial charge in [0.05, 0.1) is 16.4 Å². The Labute approximate surface area is 142 Å². The van der Waals surface area contributed by atoms with Crippen molar-refractivity contribution in [3.63, 3.8) is 0 Å². The fourth-order valence-corrected chi connectivity index (χ4v) is 3.46. The van der Waals surface area contributed by atoms with Crippen LogP contribution in [0, 0.1) is 0 Å². The van der Waals surface area contributed by atoms with Gasteiger partial charge in [-0.05, 0) is 66.6 Å². The van der Waals surface area contributed by atoms with E-state index in [1.165, 1.54) is 0 Å². The third-order valence-electron chi connectivity index (χ3n) is 2.89. The van der Waals surface area contributed by atoms with E-state index in [9.17, 15) is 0 Å². The summed E-state index contributed by atoms with van der Waals surface area (Å²) in [6, 6.07) is 11.1. The van der Waals surface area contributed by atoms with Gasteiger partial charge in [0, 0.05) is 14.5 Å². The number of nitrogens with two attached hydrogens (primary N) is 1. The summed E-state index contributed by atoms with van der Waals surface area (Å²) in [5.74, 6) is 0.514. The second-order valence-corrected chi connectivity index (χ2v) is 6.28. The highest BCUT2D eigenvalue weighted by molar-refractivity contribution is 9.11. The highest BCUT2D eigenvalue weighted by Crippen LogP contribution is 2.35. The Morgan fingerprint density at radius 2 is 1.71 bits per heavy atom. The maximum atomic E-state index is 6.27.